The van der Waals surface area contributed by atoms with Crippen molar-refractivity contribution in [2.75, 3.05) is 11.9 Å². The number of anilines is 1. The highest BCUT2D eigenvalue weighted by Crippen LogP contribution is 2.13. The summed E-state index contributed by atoms with van der Waals surface area (Å²) in [5, 5.41) is 6.30. The number of hydrogen-bond acceptors (Lipinski definition) is 3. The Balaban J connectivity index is 2.34. The normalized spacial score (nSPS) is 12.7. The van der Waals surface area contributed by atoms with Crippen molar-refractivity contribution in [3.8, 4) is 0 Å². The summed E-state index contributed by atoms with van der Waals surface area (Å²) in [7, 11) is 0. The first kappa shape index (κ1) is 19.5. The van der Waals surface area contributed by atoms with Gasteiger partial charge in [0.15, 0.2) is 0 Å². The predicted molar refractivity (Wildman–Crippen MR) is 97.0 cm³/mol. The topological polar surface area (TPSA) is 50.4 Å². The van der Waals surface area contributed by atoms with Crippen molar-refractivity contribution < 1.29 is 9.53 Å². The van der Waals surface area contributed by atoms with Crippen molar-refractivity contribution in [2.45, 2.75) is 71.9 Å². The van der Waals surface area contributed by atoms with E-state index in [-0.39, 0.29) is 0 Å². The van der Waals surface area contributed by atoms with Crippen LogP contribution in [-0.4, -0.2) is 24.3 Å². The van der Waals surface area contributed by atoms with Crippen LogP contribution in [0.4, 0.5) is 10.5 Å². The smallest absolute Gasteiger partial charge is 0.412 e. The van der Waals surface area contributed by atoms with E-state index in [1.54, 1.807) is 0 Å². The van der Waals surface area contributed by atoms with Crippen molar-refractivity contribution in [1.82, 2.24) is 5.32 Å². The van der Waals surface area contributed by atoms with Crippen LogP contribution >= 0.6 is 0 Å². The zero-order valence-corrected chi connectivity index (χ0v) is 15.2. The number of carbonyl (C=O) groups excluding carboxylic acids is 1. The second-order valence-electron chi connectivity index (χ2n) is 7.07. The fourth-order valence-electron chi connectivity index (χ4n) is 2.25. The molecule has 0 saturated carbocycles. The quantitative estimate of drug-likeness (QED) is 0.727. The first-order chi connectivity index (χ1) is 10.8. The molecule has 0 saturated heterocycles. The molecule has 1 atom stereocenters. The van der Waals surface area contributed by atoms with Crippen molar-refractivity contribution >= 4 is 11.8 Å². The molecule has 0 fully saturated rings. The SMILES string of the molecule is CCCCC(C)NCCc1ccc(NC(=O)OC(C)(C)C)cc1. The van der Waals surface area contributed by atoms with Gasteiger partial charge in [-0.05, 0) is 64.8 Å². The molecule has 0 heterocycles. The first-order valence-electron chi connectivity index (χ1n) is 8.62. The highest BCUT2D eigenvalue weighted by molar-refractivity contribution is 5.84. The molecule has 4 heteroatoms. The van der Waals surface area contributed by atoms with E-state index >= 15 is 0 Å². The fourth-order valence-corrected chi connectivity index (χ4v) is 2.25. The van der Waals surface area contributed by atoms with E-state index in [9.17, 15) is 4.79 Å². The Morgan fingerprint density at radius 2 is 1.87 bits per heavy atom. The number of nitrogens with one attached hydrogen (secondary N) is 2. The maximum Gasteiger partial charge on any atom is 0.412 e. The van der Waals surface area contributed by atoms with Gasteiger partial charge in [0.05, 0.1) is 0 Å². The van der Waals surface area contributed by atoms with Crippen LogP contribution in [0.15, 0.2) is 24.3 Å². The van der Waals surface area contributed by atoms with Crippen molar-refractivity contribution in [1.29, 1.82) is 0 Å². The Morgan fingerprint density at radius 1 is 1.22 bits per heavy atom. The molecule has 1 unspecified atom stereocenters. The van der Waals surface area contributed by atoms with Crippen LogP contribution in [0.2, 0.25) is 0 Å². The minimum Gasteiger partial charge on any atom is -0.444 e. The van der Waals surface area contributed by atoms with Gasteiger partial charge in [0, 0.05) is 11.7 Å². The maximum absolute atomic E-state index is 11.7. The Hall–Kier alpha value is -1.55. The zero-order valence-electron chi connectivity index (χ0n) is 15.2. The summed E-state index contributed by atoms with van der Waals surface area (Å²) in [6.45, 7) is 11.0. The highest BCUT2D eigenvalue weighted by atomic mass is 16.6. The lowest BCUT2D eigenvalue weighted by atomic mass is 10.1. The average molecular weight is 320 g/mol. The summed E-state index contributed by atoms with van der Waals surface area (Å²) in [4.78, 5) is 11.7. The van der Waals surface area contributed by atoms with Crippen LogP contribution in [0.25, 0.3) is 0 Å². The van der Waals surface area contributed by atoms with Gasteiger partial charge >= 0.3 is 6.09 Å². The molecule has 1 amide bonds. The van der Waals surface area contributed by atoms with Gasteiger partial charge in [-0.25, -0.2) is 4.79 Å². The number of ether oxygens (including phenoxy) is 1. The van der Waals surface area contributed by atoms with Crippen LogP contribution in [0.3, 0.4) is 0 Å². The molecule has 1 aromatic rings. The molecule has 0 aliphatic heterocycles. The summed E-state index contributed by atoms with van der Waals surface area (Å²) >= 11 is 0. The van der Waals surface area contributed by atoms with Gasteiger partial charge in [-0.3, -0.25) is 5.32 Å². The van der Waals surface area contributed by atoms with Crippen molar-refractivity contribution in [3.05, 3.63) is 29.8 Å². The minimum atomic E-state index is -0.482. The Morgan fingerprint density at radius 3 is 2.43 bits per heavy atom. The molecule has 0 bridgehead atoms. The third-order valence-corrected chi connectivity index (χ3v) is 3.50. The second-order valence-corrected chi connectivity index (χ2v) is 7.07. The second kappa shape index (κ2) is 9.56. The lowest BCUT2D eigenvalue weighted by Crippen LogP contribution is -2.28. The number of carbonyl (C=O) groups is 1. The molecule has 1 rings (SSSR count). The van der Waals surface area contributed by atoms with Gasteiger partial charge in [-0.1, -0.05) is 31.9 Å². The Bertz CT molecular complexity index is 463. The van der Waals surface area contributed by atoms with E-state index in [4.69, 9.17) is 4.74 Å². The first-order valence-corrected chi connectivity index (χ1v) is 8.62. The predicted octanol–water partition coefficient (Wildman–Crippen LogP) is 4.74. The van der Waals surface area contributed by atoms with E-state index in [1.807, 2.05) is 45.0 Å². The summed E-state index contributed by atoms with van der Waals surface area (Å²) in [5.41, 5.74) is 1.53. The number of hydrogen-bond donors (Lipinski definition) is 2. The van der Waals surface area contributed by atoms with E-state index < -0.39 is 11.7 Å². The maximum atomic E-state index is 11.7. The summed E-state index contributed by atoms with van der Waals surface area (Å²) in [5.74, 6) is 0. The largest absolute Gasteiger partial charge is 0.444 e. The highest BCUT2D eigenvalue weighted by Gasteiger charge is 2.16. The lowest BCUT2D eigenvalue weighted by molar-refractivity contribution is 0.0636. The third-order valence-electron chi connectivity index (χ3n) is 3.50. The monoisotopic (exact) mass is 320 g/mol. The molecule has 130 valence electrons. The Kier molecular flexibility index (Phi) is 8.10. The van der Waals surface area contributed by atoms with Crippen LogP contribution in [0, 0.1) is 0 Å². The number of benzene rings is 1. The van der Waals surface area contributed by atoms with Gasteiger partial charge in [0.2, 0.25) is 0 Å². The molecule has 0 aliphatic rings. The zero-order chi connectivity index (χ0) is 17.3. The van der Waals surface area contributed by atoms with Crippen LogP contribution in [-0.2, 0) is 11.2 Å². The third kappa shape index (κ3) is 9.24. The molecule has 0 radical (unpaired) electrons. The average Bonchev–Trinajstić information content (AvgIpc) is 2.45. The van der Waals surface area contributed by atoms with E-state index in [0.717, 1.165) is 18.7 Å². The van der Waals surface area contributed by atoms with Crippen LogP contribution < -0.4 is 10.6 Å². The van der Waals surface area contributed by atoms with Crippen molar-refractivity contribution in [3.63, 3.8) is 0 Å². The summed E-state index contributed by atoms with van der Waals surface area (Å²) < 4.78 is 5.24. The molecule has 0 aromatic heterocycles. The number of amides is 1. The van der Waals surface area contributed by atoms with Gasteiger partial charge in [0.25, 0.3) is 0 Å². The Labute approximate surface area is 141 Å². The fraction of sp³-hybridized carbons (Fsp3) is 0.632. The summed E-state index contributed by atoms with van der Waals surface area (Å²) in [6, 6.07) is 8.50. The minimum absolute atomic E-state index is 0.420. The lowest BCUT2D eigenvalue weighted by Gasteiger charge is -2.19. The molecule has 0 aliphatic carbocycles. The molecule has 4 nitrogen and oxygen atoms in total. The number of rotatable bonds is 8. The standard InChI is InChI=1S/C19H32N2O2/c1-6-7-8-15(2)20-14-13-16-9-11-17(12-10-16)21-18(22)23-19(3,4)5/h9-12,15,20H,6-8,13-14H2,1-5H3,(H,21,22). The molecule has 2 N–H and O–H groups in total. The molecular weight excluding hydrogens is 288 g/mol. The van der Waals surface area contributed by atoms with Gasteiger partial charge in [-0.2, -0.15) is 0 Å². The van der Waals surface area contributed by atoms with Gasteiger partial charge in [0.1, 0.15) is 5.60 Å². The van der Waals surface area contributed by atoms with Crippen LogP contribution in [0.1, 0.15) is 59.4 Å². The van der Waals surface area contributed by atoms with Gasteiger partial charge in [-0.15, -0.1) is 0 Å². The van der Waals surface area contributed by atoms with E-state index in [1.165, 1.54) is 24.8 Å². The molecule has 23 heavy (non-hydrogen) atoms. The van der Waals surface area contributed by atoms with Crippen molar-refractivity contribution in [2.24, 2.45) is 0 Å². The molecule has 0 spiro atoms. The van der Waals surface area contributed by atoms with E-state index in [0.29, 0.717) is 6.04 Å². The van der Waals surface area contributed by atoms with Crippen LogP contribution in [0.5, 0.6) is 0 Å². The number of unbranched alkanes of at least 4 members (excludes halogenated alkanes) is 1. The summed E-state index contributed by atoms with van der Waals surface area (Å²) in [6.07, 6.45) is 4.33. The van der Waals surface area contributed by atoms with E-state index in [2.05, 4.69) is 24.5 Å². The molecule has 1 aromatic carbocycles. The molecular formula is C19H32N2O2. The van der Waals surface area contributed by atoms with Gasteiger partial charge < -0.3 is 10.1 Å².